The van der Waals surface area contributed by atoms with Crippen LogP contribution in [0.2, 0.25) is 24.7 Å². The number of aliphatic hydroxyl groups is 1. The lowest BCUT2D eigenvalue weighted by Crippen LogP contribution is -2.39. The van der Waals surface area contributed by atoms with Crippen LogP contribution in [0.4, 0.5) is 0 Å². The lowest BCUT2D eigenvalue weighted by Gasteiger charge is -2.32. The predicted molar refractivity (Wildman–Crippen MR) is 100 cm³/mol. The fraction of sp³-hybridized carbons (Fsp3) is 0.579. The molecule has 2 N–H and O–H groups in total. The van der Waals surface area contributed by atoms with E-state index in [1.54, 1.807) is 0 Å². The fourth-order valence-electron chi connectivity index (χ4n) is 2.78. The molecule has 0 saturated heterocycles. The Hall–Kier alpha value is -1.50. The summed E-state index contributed by atoms with van der Waals surface area (Å²) in [4.78, 5) is 22.9. The Kier molecular flexibility index (Phi) is 9.03. The van der Waals surface area contributed by atoms with Crippen molar-refractivity contribution in [2.24, 2.45) is 0 Å². The number of hydrogen-bond acceptors (Lipinski definition) is 4. The molecular weight excluding hydrogens is 336 g/mol. The number of carboxylic acid groups (broad SMARTS) is 1. The zero-order valence-corrected chi connectivity index (χ0v) is 16.4. The summed E-state index contributed by atoms with van der Waals surface area (Å²) in [5.41, 5.74) is 1.05. The van der Waals surface area contributed by atoms with Crippen molar-refractivity contribution in [1.82, 2.24) is 0 Å². The first-order valence-corrected chi connectivity index (χ1v) is 12.1. The van der Waals surface area contributed by atoms with Crippen molar-refractivity contribution in [3.63, 3.8) is 0 Å². The number of benzene rings is 1. The van der Waals surface area contributed by atoms with Gasteiger partial charge in [-0.3, -0.25) is 4.79 Å². The molecule has 0 heterocycles. The molecule has 0 radical (unpaired) electrons. The van der Waals surface area contributed by atoms with Crippen molar-refractivity contribution >= 4 is 19.8 Å². The van der Waals surface area contributed by atoms with Gasteiger partial charge in [0.2, 0.25) is 6.10 Å². The minimum absolute atomic E-state index is 0.00994. The average molecular weight is 367 g/mol. The number of rotatable bonds is 12. The largest absolute Gasteiger partial charge is 0.479 e. The van der Waals surface area contributed by atoms with Gasteiger partial charge in [-0.2, -0.15) is 0 Å². The third-order valence-corrected chi connectivity index (χ3v) is 8.92. The Morgan fingerprint density at radius 3 is 2.40 bits per heavy atom. The van der Waals surface area contributed by atoms with Crippen LogP contribution in [0.25, 0.3) is 0 Å². The molecule has 1 aromatic rings. The predicted octanol–water partition coefficient (Wildman–Crippen LogP) is 3.49. The summed E-state index contributed by atoms with van der Waals surface area (Å²) in [5.74, 6) is -2.11. The van der Waals surface area contributed by atoms with E-state index in [0.29, 0.717) is 13.2 Å². The number of hydrogen-bond donors (Lipinski definition) is 2. The van der Waals surface area contributed by atoms with E-state index in [1.165, 1.54) is 0 Å². The van der Waals surface area contributed by atoms with Gasteiger partial charge in [-0.1, -0.05) is 69.2 Å². The van der Waals surface area contributed by atoms with Gasteiger partial charge in [0, 0.05) is 13.0 Å². The van der Waals surface area contributed by atoms with Gasteiger partial charge < -0.3 is 14.9 Å². The zero-order valence-electron chi connectivity index (χ0n) is 15.4. The van der Waals surface area contributed by atoms with E-state index >= 15 is 0 Å². The molecule has 0 aliphatic rings. The molecule has 140 valence electrons. The van der Waals surface area contributed by atoms with Crippen LogP contribution in [0.1, 0.15) is 31.7 Å². The molecule has 0 fully saturated rings. The van der Waals surface area contributed by atoms with Gasteiger partial charge in [-0.25, -0.2) is 4.79 Å². The molecule has 1 rings (SSSR count). The van der Waals surface area contributed by atoms with E-state index in [-0.39, 0.29) is 12.0 Å². The van der Waals surface area contributed by atoms with Crippen molar-refractivity contribution in [2.45, 2.75) is 63.6 Å². The number of aliphatic carboxylic acids is 1. The molecule has 0 spiro atoms. The molecule has 2 atom stereocenters. The summed E-state index contributed by atoms with van der Waals surface area (Å²) in [6.07, 6.45) is 0.294. The van der Waals surface area contributed by atoms with Crippen LogP contribution in [-0.2, 0) is 20.9 Å². The molecule has 0 saturated carbocycles. The van der Waals surface area contributed by atoms with E-state index in [2.05, 4.69) is 20.0 Å². The third kappa shape index (κ3) is 7.50. The number of ether oxygens (including phenoxy) is 1. The summed E-state index contributed by atoms with van der Waals surface area (Å²) < 4.78 is 5.84. The summed E-state index contributed by atoms with van der Waals surface area (Å²) >= 11 is 0. The van der Waals surface area contributed by atoms with Gasteiger partial charge in [-0.05, 0) is 11.1 Å². The Morgan fingerprint density at radius 1 is 1.20 bits per heavy atom. The number of carboxylic acids is 1. The lowest BCUT2D eigenvalue weighted by molar-refractivity contribution is -0.152. The molecule has 6 heteroatoms. The highest BCUT2D eigenvalue weighted by atomic mass is 28.3. The van der Waals surface area contributed by atoms with E-state index in [4.69, 9.17) is 9.84 Å². The molecule has 1 aromatic carbocycles. The average Bonchev–Trinajstić information content (AvgIpc) is 2.59. The summed E-state index contributed by atoms with van der Waals surface area (Å²) in [5, 5.41) is 18.4. The first-order valence-electron chi connectivity index (χ1n) is 8.83. The second-order valence-electron chi connectivity index (χ2n) is 7.20. The van der Waals surface area contributed by atoms with Crippen molar-refractivity contribution in [3.05, 3.63) is 35.9 Å². The highest BCUT2D eigenvalue weighted by Crippen LogP contribution is 2.32. The number of Topliss-reactive ketones (excluding diaryl/α,β-unsaturated/α-hetero) is 1. The summed E-state index contributed by atoms with van der Waals surface area (Å²) in [7, 11) is -1.79. The standard InChI is InChI=1S/C19H30O5Si/c1-4-5-11-25(2,3)16(12-17(20)18(21)19(22)23)14-24-13-15-9-7-6-8-10-15/h6-10,16,18,21H,4-5,11-14H2,1-3H3,(H,22,23)/t16-,18?/m0/s1. The topological polar surface area (TPSA) is 83.8 Å². The number of aliphatic hydroxyl groups excluding tert-OH is 1. The zero-order chi connectivity index (χ0) is 18.9. The van der Waals surface area contributed by atoms with E-state index < -0.39 is 25.9 Å². The molecule has 0 aromatic heterocycles. The maximum Gasteiger partial charge on any atom is 0.340 e. The first-order chi connectivity index (χ1) is 11.8. The van der Waals surface area contributed by atoms with Gasteiger partial charge in [0.15, 0.2) is 5.78 Å². The minimum atomic E-state index is -1.94. The Bertz CT molecular complexity index is 544. The monoisotopic (exact) mass is 366 g/mol. The van der Waals surface area contributed by atoms with Crippen LogP contribution in [0, 0.1) is 0 Å². The molecular formula is C19H30O5Si. The van der Waals surface area contributed by atoms with Gasteiger partial charge in [-0.15, -0.1) is 0 Å². The third-order valence-electron chi connectivity index (χ3n) is 4.70. The van der Waals surface area contributed by atoms with Crippen LogP contribution in [-0.4, -0.2) is 42.8 Å². The second kappa shape index (κ2) is 10.5. The summed E-state index contributed by atoms with van der Waals surface area (Å²) in [6, 6.07) is 10.9. The highest BCUT2D eigenvalue weighted by molar-refractivity contribution is 6.79. The Balaban J connectivity index is 2.72. The maximum atomic E-state index is 12.1. The van der Waals surface area contributed by atoms with Crippen LogP contribution in [0.15, 0.2) is 30.3 Å². The normalized spacial score (nSPS) is 14.1. The van der Waals surface area contributed by atoms with Gasteiger partial charge >= 0.3 is 5.97 Å². The second-order valence-corrected chi connectivity index (χ2v) is 12.5. The number of unbranched alkanes of at least 4 members (excludes halogenated alkanes) is 1. The van der Waals surface area contributed by atoms with Crippen molar-refractivity contribution < 1.29 is 24.5 Å². The highest BCUT2D eigenvalue weighted by Gasteiger charge is 2.35. The molecule has 0 amide bonds. The SMILES string of the molecule is CCCC[Si](C)(C)[C@H](COCc1ccccc1)CC(=O)C(O)C(=O)O. The van der Waals surface area contributed by atoms with Crippen LogP contribution < -0.4 is 0 Å². The molecule has 0 aliphatic carbocycles. The van der Waals surface area contributed by atoms with E-state index in [1.807, 2.05) is 30.3 Å². The van der Waals surface area contributed by atoms with Gasteiger partial charge in [0.05, 0.1) is 14.7 Å². The van der Waals surface area contributed by atoms with Crippen molar-refractivity contribution in [3.8, 4) is 0 Å². The molecule has 5 nitrogen and oxygen atoms in total. The molecule has 25 heavy (non-hydrogen) atoms. The van der Waals surface area contributed by atoms with Crippen LogP contribution in [0.5, 0.6) is 0 Å². The molecule has 0 aliphatic heterocycles. The van der Waals surface area contributed by atoms with Crippen molar-refractivity contribution in [1.29, 1.82) is 0 Å². The molecule has 1 unspecified atom stereocenters. The van der Waals surface area contributed by atoms with E-state index in [9.17, 15) is 14.7 Å². The lowest BCUT2D eigenvalue weighted by atomic mass is 10.1. The number of carbonyl (C=O) groups is 2. The van der Waals surface area contributed by atoms with E-state index in [0.717, 1.165) is 24.4 Å². The quantitative estimate of drug-likeness (QED) is 0.437. The number of carbonyl (C=O) groups excluding carboxylic acids is 1. The Morgan fingerprint density at radius 2 is 1.84 bits per heavy atom. The smallest absolute Gasteiger partial charge is 0.340 e. The van der Waals surface area contributed by atoms with Crippen LogP contribution in [0.3, 0.4) is 0 Å². The van der Waals surface area contributed by atoms with Gasteiger partial charge in [0.1, 0.15) is 0 Å². The first kappa shape index (κ1) is 21.5. The Labute approximate surface area is 151 Å². The molecule has 0 bridgehead atoms. The maximum absolute atomic E-state index is 12.1. The van der Waals surface area contributed by atoms with Gasteiger partial charge in [0.25, 0.3) is 0 Å². The number of ketones is 1. The summed E-state index contributed by atoms with van der Waals surface area (Å²) in [6.45, 7) is 7.42. The fourth-order valence-corrected chi connectivity index (χ4v) is 5.78. The van der Waals surface area contributed by atoms with Crippen molar-refractivity contribution in [2.75, 3.05) is 6.61 Å². The minimum Gasteiger partial charge on any atom is -0.479 e. The van der Waals surface area contributed by atoms with Crippen LogP contribution >= 0.6 is 0 Å².